The number of aromatic amines is 1. The number of nitrogens with zero attached hydrogens (tertiary/aromatic N) is 3. The molecule has 1 fully saturated rings. The number of aryl methyl sites for hydroxylation is 1. The van der Waals surface area contributed by atoms with Crippen LogP contribution in [0.5, 0.6) is 11.5 Å². The van der Waals surface area contributed by atoms with Crippen LogP contribution in [0.4, 0.5) is 10.3 Å². The number of carbonyl (C=O) groups excluding carboxylic acids is 1. The Labute approximate surface area is 160 Å². The molecule has 8 nitrogen and oxygen atoms in total. The van der Waals surface area contributed by atoms with E-state index in [9.17, 15) is 14.0 Å². The average Bonchev–Trinajstić information content (AvgIpc) is 2.71. The van der Waals surface area contributed by atoms with Crippen molar-refractivity contribution in [1.29, 1.82) is 0 Å². The zero-order valence-electron chi connectivity index (χ0n) is 15.5. The van der Waals surface area contributed by atoms with Gasteiger partial charge in [-0.05, 0) is 19.1 Å². The van der Waals surface area contributed by atoms with Crippen molar-refractivity contribution in [3.8, 4) is 11.5 Å². The van der Waals surface area contributed by atoms with Gasteiger partial charge < -0.3 is 19.3 Å². The van der Waals surface area contributed by atoms with Crippen LogP contribution in [-0.4, -0.2) is 59.7 Å². The number of piperazine rings is 1. The van der Waals surface area contributed by atoms with E-state index in [1.807, 2.05) is 29.2 Å². The van der Waals surface area contributed by atoms with Crippen molar-refractivity contribution >= 4 is 11.9 Å². The van der Waals surface area contributed by atoms with Crippen molar-refractivity contribution in [3.63, 3.8) is 0 Å². The first-order valence-corrected chi connectivity index (χ1v) is 9.19. The lowest BCUT2D eigenvalue weighted by atomic mass is 10.2. The summed E-state index contributed by atoms with van der Waals surface area (Å²) < 4.78 is 25.0. The molecule has 0 aliphatic carbocycles. The highest BCUT2D eigenvalue weighted by Gasteiger charge is 2.28. The summed E-state index contributed by atoms with van der Waals surface area (Å²) >= 11 is 0. The number of H-pyrrole nitrogens is 1. The molecule has 148 valence electrons. The monoisotopic (exact) mass is 388 g/mol. The minimum Gasteiger partial charge on any atom is -0.486 e. The number of carbonyl (C=O) groups is 1. The molecule has 3 heterocycles. The Morgan fingerprint density at radius 1 is 1.25 bits per heavy atom. The van der Waals surface area contributed by atoms with Gasteiger partial charge in [-0.3, -0.25) is 14.6 Å². The van der Waals surface area contributed by atoms with Crippen LogP contribution in [0, 0.1) is 12.7 Å². The molecule has 0 bridgehead atoms. The highest BCUT2D eigenvalue weighted by atomic mass is 19.1. The minimum absolute atomic E-state index is 0.00984. The van der Waals surface area contributed by atoms with Gasteiger partial charge >= 0.3 is 0 Å². The van der Waals surface area contributed by atoms with Crippen LogP contribution in [0.25, 0.3) is 0 Å². The summed E-state index contributed by atoms with van der Waals surface area (Å²) in [4.78, 5) is 34.4. The molecular weight excluding hydrogens is 367 g/mol. The van der Waals surface area contributed by atoms with Crippen LogP contribution in [0.2, 0.25) is 0 Å². The first-order chi connectivity index (χ1) is 13.5. The largest absolute Gasteiger partial charge is 0.486 e. The maximum Gasteiger partial charge on any atom is 0.288 e. The lowest BCUT2D eigenvalue weighted by molar-refractivity contribution is -0.133. The molecule has 1 N–H and O–H groups in total. The molecule has 28 heavy (non-hydrogen) atoms. The van der Waals surface area contributed by atoms with Crippen molar-refractivity contribution in [2.45, 2.75) is 19.4 Å². The van der Waals surface area contributed by atoms with E-state index in [1.165, 1.54) is 6.92 Å². The normalized spacial score (nSPS) is 18.9. The summed E-state index contributed by atoms with van der Waals surface area (Å²) in [6.45, 7) is 3.78. The molecular formula is C19H21FN4O4. The van der Waals surface area contributed by atoms with E-state index in [2.05, 4.69) is 9.97 Å². The van der Waals surface area contributed by atoms with Crippen LogP contribution < -0.4 is 19.9 Å². The molecule has 1 unspecified atom stereocenters. The van der Waals surface area contributed by atoms with E-state index in [1.54, 1.807) is 4.90 Å². The summed E-state index contributed by atoms with van der Waals surface area (Å²) in [5.74, 6) is 0.795. The lowest BCUT2D eigenvalue weighted by Crippen LogP contribution is -2.50. The molecule has 1 aromatic carbocycles. The number of rotatable bonds is 3. The molecule has 1 saturated heterocycles. The molecule has 2 aromatic rings. The van der Waals surface area contributed by atoms with Gasteiger partial charge in [-0.15, -0.1) is 0 Å². The Hall–Kier alpha value is -3.10. The predicted octanol–water partition coefficient (Wildman–Crippen LogP) is 1.10. The van der Waals surface area contributed by atoms with Crippen LogP contribution >= 0.6 is 0 Å². The maximum atomic E-state index is 13.5. The second-order valence-electron chi connectivity index (χ2n) is 6.86. The summed E-state index contributed by atoms with van der Waals surface area (Å²) in [6.07, 6.45) is -0.0859. The number of benzene rings is 1. The van der Waals surface area contributed by atoms with E-state index in [-0.39, 0.29) is 24.1 Å². The lowest BCUT2D eigenvalue weighted by Gasteiger charge is -2.36. The van der Waals surface area contributed by atoms with Crippen LogP contribution in [-0.2, 0) is 4.79 Å². The van der Waals surface area contributed by atoms with Crippen molar-refractivity contribution in [3.05, 3.63) is 46.1 Å². The molecule has 4 rings (SSSR count). The number of amides is 1. The first-order valence-electron chi connectivity index (χ1n) is 9.19. The van der Waals surface area contributed by atoms with Crippen LogP contribution in [0.15, 0.2) is 29.1 Å². The van der Waals surface area contributed by atoms with E-state index >= 15 is 0 Å². The number of fused-ring (bicyclic) bond motifs is 1. The topological polar surface area (TPSA) is 87.8 Å². The van der Waals surface area contributed by atoms with E-state index in [0.717, 1.165) is 0 Å². The molecule has 2 aliphatic rings. The Bertz CT molecular complexity index is 940. The van der Waals surface area contributed by atoms with Crippen molar-refractivity contribution in [1.82, 2.24) is 14.9 Å². The fourth-order valence-corrected chi connectivity index (χ4v) is 3.36. The summed E-state index contributed by atoms with van der Waals surface area (Å²) in [7, 11) is 0. The maximum absolute atomic E-state index is 13.5. The number of ether oxygens (including phenoxy) is 2. The fourth-order valence-electron chi connectivity index (χ4n) is 3.36. The van der Waals surface area contributed by atoms with Crippen LogP contribution in [0.1, 0.15) is 12.1 Å². The number of para-hydroxylation sites is 2. The van der Waals surface area contributed by atoms with Gasteiger partial charge in [-0.25, -0.2) is 4.98 Å². The second-order valence-corrected chi connectivity index (χ2v) is 6.86. The number of hydrogen-bond donors (Lipinski definition) is 1. The van der Waals surface area contributed by atoms with Crippen molar-refractivity contribution in [2.24, 2.45) is 0 Å². The Balaban J connectivity index is 1.33. The highest BCUT2D eigenvalue weighted by Crippen LogP contribution is 2.31. The molecule has 1 atom stereocenters. The first kappa shape index (κ1) is 18.3. The SMILES string of the molecule is Cc1nc(N2CCN(C(=O)CC3COc4ccccc4O3)CC2)[nH]c(=O)c1F. The third kappa shape index (κ3) is 3.64. The number of hydrogen-bond acceptors (Lipinski definition) is 6. The number of anilines is 1. The van der Waals surface area contributed by atoms with Gasteiger partial charge in [0.2, 0.25) is 17.7 Å². The molecule has 0 radical (unpaired) electrons. The summed E-state index contributed by atoms with van der Waals surface area (Å²) in [5, 5.41) is 0. The standard InChI is InChI=1S/C19H21FN4O4/c1-12-17(20)18(26)22-19(21-12)24-8-6-23(7-9-24)16(25)10-13-11-27-14-4-2-3-5-15(14)28-13/h2-5,13H,6-11H2,1H3,(H,21,22,26). The Morgan fingerprint density at radius 3 is 2.68 bits per heavy atom. The number of aromatic nitrogens is 2. The molecule has 0 saturated carbocycles. The average molecular weight is 388 g/mol. The quantitative estimate of drug-likeness (QED) is 0.847. The zero-order chi connectivity index (χ0) is 19.7. The van der Waals surface area contributed by atoms with Gasteiger partial charge in [0.15, 0.2) is 11.5 Å². The Morgan fingerprint density at radius 2 is 1.96 bits per heavy atom. The molecule has 1 aromatic heterocycles. The number of nitrogens with one attached hydrogen (secondary N) is 1. The van der Waals surface area contributed by atoms with Gasteiger partial charge in [-0.1, -0.05) is 12.1 Å². The second kappa shape index (κ2) is 7.49. The highest BCUT2D eigenvalue weighted by molar-refractivity contribution is 5.77. The van der Waals surface area contributed by atoms with Gasteiger partial charge in [0, 0.05) is 26.2 Å². The third-order valence-corrected chi connectivity index (χ3v) is 4.92. The van der Waals surface area contributed by atoms with Crippen LogP contribution in [0.3, 0.4) is 0 Å². The summed E-state index contributed by atoms with van der Waals surface area (Å²) in [6, 6.07) is 7.39. The van der Waals surface area contributed by atoms with Gasteiger partial charge in [0.25, 0.3) is 5.56 Å². The fraction of sp³-hybridized carbons (Fsp3) is 0.421. The molecule has 2 aliphatic heterocycles. The molecule has 9 heteroatoms. The predicted molar refractivity (Wildman–Crippen MR) is 99.3 cm³/mol. The van der Waals surface area contributed by atoms with E-state index in [0.29, 0.717) is 50.2 Å². The van der Waals surface area contributed by atoms with Crippen molar-refractivity contribution in [2.75, 3.05) is 37.7 Å². The Kier molecular flexibility index (Phi) is 4.89. The zero-order valence-corrected chi connectivity index (χ0v) is 15.5. The molecule has 1 amide bonds. The summed E-state index contributed by atoms with van der Waals surface area (Å²) in [5.41, 5.74) is -0.720. The number of halogens is 1. The van der Waals surface area contributed by atoms with Gasteiger partial charge in [0.05, 0.1) is 12.1 Å². The van der Waals surface area contributed by atoms with Gasteiger partial charge in [-0.2, -0.15) is 4.39 Å². The minimum atomic E-state index is -0.867. The van der Waals surface area contributed by atoms with E-state index < -0.39 is 11.4 Å². The smallest absolute Gasteiger partial charge is 0.288 e. The van der Waals surface area contributed by atoms with Gasteiger partial charge in [0.1, 0.15) is 12.7 Å². The van der Waals surface area contributed by atoms with E-state index in [4.69, 9.17) is 9.47 Å². The third-order valence-electron chi connectivity index (χ3n) is 4.92. The molecule has 0 spiro atoms. The van der Waals surface area contributed by atoms with Crippen molar-refractivity contribution < 1.29 is 18.7 Å².